The van der Waals surface area contributed by atoms with Crippen molar-refractivity contribution in [3.63, 3.8) is 0 Å². The number of likely N-dealkylation sites (tertiary alicyclic amines) is 1. The van der Waals surface area contributed by atoms with Gasteiger partial charge in [0.15, 0.2) is 0 Å². The molecule has 0 atom stereocenters. The fourth-order valence-electron chi connectivity index (χ4n) is 2.95. The van der Waals surface area contributed by atoms with E-state index in [0.717, 1.165) is 15.4 Å². The minimum absolute atomic E-state index is 0.0429. The number of piperidine rings is 1. The lowest BCUT2D eigenvalue weighted by atomic mass is 9.97. The number of halogens is 1. The van der Waals surface area contributed by atoms with E-state index in [9.17, 15) is 9.59 Å². The summed E-state index contributed by atoms with van der Waals surface area (Å²) in [5.74, 6) is -1.03. The van der Waals surface area contributed by atoms with Crippen LogP contribution < -0.4 is 0 Å². The molecule has 1 N–H and O–H groups in total. The summed E-state index contributed by atoms with van der Waals surface area (Å²) >= 11 is 3.51. The molecule has 1 aromatic heterocycles. The highest BCUT2D eigenvalue weighted by molar-refractivity contribution is 9.10. The number of carbonyl (C=O) groups excluding carboxylic acids is 1. The normalized spacial score (nSPS) is 16.1. The van der Waals surface area contributed by atoms with E-state index >= 15 is 0 Å². The molecule has 0 aliphatic carbocycles. The second-order valence-corrected chi connectivity index (χ2v) is 6.46. The first-order chi connectivity index (χ1) is 10.6. The smallest absolute Gasteiger partial charge is 0.306 e. The number of benzene rings is 1. The van der Waals surface area contributed by atoms with Crippen molar-refractivity contribution < 1.29 is 14.7 Å². The molecule has 22 heavy (non-hydrogen) atoms. The van der Waals surface area contributed by atoms with Crippen molar-refractivity contribution in [2.24, 2.45) is 5.92 Å². The topological polar surface area (TPSA) is 62.5 Å². The average Bonchev–Trinajstić information content (AvgIpc) is 2.92. The summed E-state index contributed by atoms with van der Waals surface area (Å²) in [6, 6.07) is 7.91. The summed E-state index contributed by atoms with van der Waals surface area (Å²) in [7, 11) is 0. The molecule has 0 unspecified atom stereocenters. The second-order valence-electron chi connectivity index (χ2n) is 5.61. The van der Waals surface area contributed by atoms with Gasteiger partial charge in [-0.1, -0.05) is 22.0 Å². The zero-order chi connectivity index (χ0) is 15.7. The van der Waals surface area contributed by atoms with Crippen LogP contribution in [0.15, 0.2) is 34.9 Å². The Morgan fingerprint density at radius 2 is 1.95 bits per heavy atom. The summed E-state index contributed by atoms with van der Waals surface area (Å²) in [6.45, 7) is 1.34. The number of carboxylic acids is 1. The molecule has 0 radical (unpaired) electrons. The lowest BCUT2D eigenvalue weighted by molar-refractivity contribution is -0.145. The number of hydrogen-bond acceptors (Lipinski definition) is 2. The molecule has 1 amide bonds. The van der Waals surface area contributed by atoms with Crippen LogP contribution in [0.4, 0.5) is 0 Å². The van der Waals surface area contributed by atoms with Gasteiger partial charge in [0.05, 0.1) is 5.92 Å². The number of hydrogen-bond donors (Lipinski definition) is 1. The predicted octanol–water partition coefficient (Wildman–Crippen LogP) is 2.73. The van der Waals surface area contributed by atoms with Crippen molar-refractivity contribution in [2.45, 2.75) is 19.4 Å². The van der Waals surface area contributed by atoms with Crippen LogP contribution in [0.3, 0.4) is 0 Å². The molecule has 0 spiro atoms. The predicted molar refractivity (Wildman–Crippen MR) is 86.6 cm³/mol. The summed E-state index contributed by atoms with van der Waals surface area (Å²) in [4.78, 5) is 25.1. The standard InChI is InChI=1S/C16H17BrN2O3/c17-13-2-1-3-14-12(13)6-9-19(14)10-15(20)18-7-4-11(5-8-18)16(21)22/h1-3,6,9,11H,4-5,7-8,10H2,(H,21,22). The van der Waals surface area contributed by atoms with Gasteiger partial charge in [0.2, 0.25) is 5.91 Å². The Hall–Kier alpha value is -1.82. The summed E-state index contributed by atoms with van der Waals surface area (Å²) in [6.07, 6.45) is 3.00. The zero-order valence-corrected chi connectivity index (χ0v) is 13.6. The number of aliphatic carboxylic acids is 1. The largest absolute Gasteiger partial charge is 0.481 e. The Bertz CT molecular complexity index is 717. The Labute approximate surface area is 136 Å². The van der Waals surface area contributed by atoms with E-state index in [0.29, 0.717) is 25.9 Å². The van der Waals surface area contributed by atoms with E-state index in [1.165, 1.54) is 0 Å². The first kappa shape index (κ1) is 15.1. The Morgan fingerprint density at radius 3 is 2.64 bits per heavy atom. The lowest BCUT2D eigenvalue weighted by Crippen LogP contribution is -2.41. The van der Waals surface area contributed by atoms with Crippen LogP contribution in [0.2, 0.25) is 0 Å². The zero-order valence-electron chi connectivity index (χ0n) is 12.0. The number of amides is 1. The minimum atomic E-state index is -0.756. The van der Waals surface area contributed by atoms with Crippen LogP contribution >= 0.6 is 15.9 Å². The molecule has 1 saturated heterocycles. The van der Waals surface area contributed by atoms with Crippen LogP contribution in [0, 0.1) is 5.92 Å². The molecule has 1 aliphatic rings. The molecule has 2 heterocycles. The van der Waals surface area contributed by atoms with Gasteiger partial charge in [-0.05, 0) is 31.0 Å². The maximum absolute atomic E-state index is 12.4. The molecule has 116 valence electrons. The van der Waals surface area contributed by atoms with E-state index in [2.05, 4.69) is 15.9 Å². The summed E-state index contributed by atoms with van der Waals surface area (Å²) < 4.78 is 2.95. The maximum atomic E-state index is 12.4. The highest BCUT2D eigenvalue weighted by Gasteiger charge is 2.27. The van der Waals surface area contributed by atoms with Gasteiger partial charge in [0.1, 0.15) is 6.54 Å². The monoisotopic (exact) mass is 364 g/mol. The highest BCUT2D eigenvalue weighted by Crippen LogP contribution is 2.25. The quantitative estimate of drug-likeness (QED) is 0.910. The van der Waals surface area contributed by atoms with Gasteiger partial charge in [-0.25, -0.2) is 0 Å². The number of carboxylic acid groups (broad SMARTS) is 1. The Balaban J connectivity index is 1.69. The highest BCUT2D eigenvalue weighted by atomic mass is 79.9. The van der Waals surface area contributed by atoms with Gasteiger partial charge in [-0.15, -0.1) is 0 Å². The number of rotatable bonds is 3. The average molecular weight is 365 g/mol. The van der Waals surface area contributed by atoms with E-state index in [-0.39, 0.29) is 18.4 Å². The SMILES string of the molecule is O=C(O)C1CCN(C(=O)Cn2ccc3c(Br)cccc32)CC1. The van der Waals surface area contributed by atoms with Crippen molar-refractivity contribution in [1.82, 2.24) is 9.47 Å². The maximum Gasteiger partial charge on any atom is 0.306 e. The molecule has 1 aliphatic heterocycles. The fraction of sp³-hybridized carbons (Fsp3) is 0.375. The van der Waals surface area contributed by atoms with Gasteiger partial charge in [0.25, 0.3) is 0 Å². The van der Waals surface area contributed by atoms with Crippen molar-refractivity contribution in [3.8, 4) is 0 Å². The molecule has 1 fully saturated rings. The molecular weight excluding hydrogens is 348 g/mol. The summed E-state index contributed by atoms with van der Waals surface area (Å²) in [5, 5.41) is 10.1. The van der Waals surface area contributed by atoms with Crippen molar-refractivity contribution in [1.29, 1.82) is 0 Å². The first-order valence-corrected chi connectivity index (χ1v) is 8.09. The van der Waals surface area contributed by atoms with Gasteiger partial charge < -0.3 is 14.6 Å². The van der Waals surface area contributed by atoms with E-state index in [4.69, 9.17) is 5.11 Å². The third-order valence-electron chi connectivity index (χ3n) is 4.26. The number of aromatic nitrogens is 1. The Kier molecular flexibility index (Phi) is 4.20. The van der Waals surface area contributed by atoms with Crippen molar-refractivity contribution >= 4 is 38.7 Å². The van der Waals surface area contributed by atoms with Gasteiger partial charge in [-0.3, -0.25) is 9.59 Å². The van der Waals surface area contributed by atoms with Crippen LogP contribution in [0.25, 0.3) is 10.9 Å². The summed E-state index contributed by atoms with van der Waals surface area (Å²) in [5.41, 5.74) is 1.02. The Morgan fingerprint density at radius 1 is 1.23 bits per heavy atom. The number of carbonyl (C=O) groups is 2. The van der Waals surface area contributed by atoms with E-state index in [1.54, 1.807) is 4.90 Å². The lowest BCUT2D eigenvalue weighted by Gasteiger charge is -2.30. The van der Waals surface area contributed by atoms with Crippen molar-refractivity contribution in [3.05, 3.63) is 34.9 Å². The second kappa shape index (κ2) is 6.12. The molecule has 5 nitrogen and oxygen atoms in total. The molecule has 0 bridgehead atoms. The van der Waals surface area contributed by atoms with Gasteiger partial charge in [0, 0.05) is 34.7 Å². The molecular formula is C16H17BrN2O3. The van der Waals surface area contributed by atoms with Gasteiger partial charge >= 0.3 is 5.97 Å². The van der Waals surface area contributed by atoms with Crippen LogP contribution in [-0.4, -0.2) is 39.5 Å². The molecule has 0 saturated carbocycles. The fourth-order valence-corrected chi connectivity index (χ4v) is 3.43. The molecule has 3 rings (SSSR count). The van der Waals surface area contributed by atoms with Gasteiger partial charge in [-0.2, -0.15) is 0 Å². The van der Waals surface area contributed by atoms with Crippen molar-refractivity contribution in [2.75, 3.05) is 13.1 Å². The molecule has 1 aromatic carbocycles. The molecule has 6 heteroatoms. The van der Waals surface area contributed by atoms with Crippen LogP contribution in [0.5, 0.6) is 0 Å². The van der Waals surface area contributed by atoms with E-state index in [1.807, 2.05) is 35.0 Å². The number of fused-ring (bicyclic) bond motifs is 1. The minimum Gasteiger partial charge on any atom is -0.481 e. The third-order valence-corrected chi connectivity index (χ3v) is 4.95. The van der Waals surface area contributed by atoms with Crippen LogP contribution in [0.1, 0.15) is 12.8 Å². The third kappa shape index (κ3) is 2.88. The number of nitrogens with zero attached hydrogens (tertiary/aromatic N) is 2. The first-order valence-electron chi connectivity index (χ1n) is 7.30. The molecule has 2 aromatic rings. The van der Waals surface area contributed by atoms with E-state index < -0.39 is 5.97 Å². The van der Waals surface area contributed by atoms with Crippen LogP contribution in [-0.2, 0) is 16.1 Å².